The second-order valence-corrected chi connectivity index (χ2v) is 9.12. The molecular formula is C24H25FN2O3S. The van der Waals surface area contributed by atoms with Crippen molar-refractivity contribution < 1.29 is 17.6 Å². The molecule has 0 aliphatic carbocycles. The Hall–Kier alpha value is -3.19. The molecule has 162 valence electrons. The van der Waals surface area contributed by atoms with Gasteiger partial charge in [-0.2, -0.15) is 0 Å². The van der Waals surface area contributed by atoms with Crippen LogP contribution in [-0.2, 0) is 16.4 Å². The summed E-state index contributed by atoms with van der Waals surface area (Å²) in [6.45, 7) is 4.12. The summed E-state index contributed by atoms with van der Waals surface area (Å²) in [6, 6.07) is 17.7. The van der Waals surface area contributed by atoms with E-state index in [0.717, 1.165) is 24.0 Å². The average Bonchev–Trinajstić information content (AvgIpc) is 2.74. The topological polar surface area (TPSA) is 75.3 Å². The monoisotopic (exact) mass is 440 g/mol. The van der Waals surface area contributed by atoms with Crippen LogP contribution in [0.2, 0.25) is 0 Å². The predicted molar refractivity (Wildman–Crippen MR) is 120 cm³/mol. The first-order valence-corrected chi connectivity index (χ1v) is 11.5. The molecule has 7 heteroatoms. The van der Waals surface area contributed by atoms with Crippen LogP contribution in [0, 0.1) is 19.7 Å². The highest BCUT2D eigenvalue weighted by Crippen LogP contribution is 2.21. The first-order valence-electron chi connectivity index (χ1n) is 9.97. The molecular weight excluding hydrogens is 415 g/mol. The number of benzene rings is 3. The molecule has 0 fully saturated rings. The van der Waals surface area contributed by atoms with Gasteiger partial charge in [0.1, 0.15) is 5.82 Å². The molecule has 0 spiro atoms. The summed E-state index contributed by atoms with van der Waals surface area (Å²) in [6.07, 6.45) is 1.46. The maximum Gasteiger partial charge on any atom is 0.261 e. The fourth-order valence-electron chi connectivity index (χ4n) is 3.09. The van der Waals surface area contributed by atoms with Crippen molar-refractivity contribution in [1.29, 1.82) is 0 Å². The minimum Gasteiger partial charge on any atom is -0.352 e. The summed E-state index contributed by atoms with van der Waals surface area (Å²) >= 11 is 0. The van der Waals surface area contributed by atoms with E-state index in [1.807, 2.05) is 6.92 Å². The van der Waals surface area contributed by atoms with Crippen molar-refractivity contribution in [2.75, 3.05) is 11.3 Å². The zero-order valence-corrected chi connectivity index (χ0v) is 18.3. The normalized spacial score (nSPS) is 11.2. The third-order valence-corrected chi connectivity index (χ3v) is 6.29. The average molecular weight is 441 g/mol. The van der Waals surface area contributed by atoms with Crippen LogP contribution in [-0.4, -0.2) is 20.9 Å². The van der Waals surface area contributed by atoms with Gasteiger partial charge in [-0.15, -0.1) is 0 Å². The summed E-state index contributed by atoms with van der Waals surface area (Å²) < 4.78 is 40.7. The number of carbonyl (C=O) groups excluding carboxylic acids is 1. The summed E-state index contributed by atoms with van der Waals surface area (Å²) in [5, 5.41) is 2.85. The molecule has 31 heavy (non-hydrogen) atoms. The molecule has 5 nitrogen and oxygen atoms in total. The molecule has 0 unspecified atom stereocenters. The zero-order chi connectivity index (χ0) is 22.4. The molecule has 0 saturated heterocycles. The molecule has 1 amide bonds. The van der Waals surface area contributed by atoms with E-state index in [-0.39, 0.29) is 16.6 Å². The molecule has 0 aliphatic rings. The quantitative estimate of drug-likeness (QED) is 0.503. The molecule has 0 radical (unpaired) electrons. The van der Waals surface area contributed by atoms with Crippen molar-refractivity contribution in [1.82, 2.24) is 5.32 Å². The smallest absolute Gasteiger partial charge is 0.261 e. The standard InChI is InChI=1S/C24H25FN2O3S/c1-17-5-12-22(13-6-17)31(29,30)27-23-14-9-20(16-18(23)2)24(28)26-15-3-4-19-7-10-21(25)11-8-19/h5-14,16,27H,3-4,15H2,1-2H3,(H,26,28). The highest BCUT2D eigenvalue weighted by Gasteiger charge is 2.16. The highest BCUT2D eigenvalue weighted by atomic mass is 32.2. The Labute approximate surface area is 182 Å². The minimum atomic E-state index is -3.71. The number of rotatable bonds is 8. The Morgan fingerprint density at radius 2 is 1.61 bits per heavy atom. The van der Waals surface area contributed by atoms with E-state index in [1.165, 1.54) is 12.1 Å². The van der Waals surface area contributed by atoms with Crippen molar-refractivity contribution in [3.63, 3.8) is 0 Å². The van der Waals surface area contributed by atoms with E-state index < -0.39 is 10.0 Å². The number of nitrogens with one attached hydrogen (secondary N) is 2. The summed E-state index contributed by atoms with van der Waals surface area (Å²) in [5.41, 5.74) is 3.51. The van der Waals surface area contributed by atoms with Gasteiger partial charge in [0.25, 0.3) is 15.9 Å². The second kappa shape index (κ2) is 9.75. The molecule has 0 heterocycles. The molecule has 3 aromatic rings. The van der Waals surface area contributed by atoms with Gasteiger partial charge >= 0.3 is 0 Å². The van der Waals surface area contributed by atoms with Crippen LogP contribution in [0.1, 0.15) is 33.5 Å². The number of aryl methyl sites for hydroxylation is 3. The maximum atomic E-state index is 12.9. The van der Waals surface area contributed by atoms with Crippen molar-refractivity contribution in [2.24, 2.45) is 0 Å². The SMILES string of the molecule is Cc1ccc(S(=O)(=O)Nc2ccc(C(=O)NCCCc3ccc(F)cc3)cc2C)cc1. The lowest BCUT2D eigenvalue weighted by Gasteiger charge is -2.12. The van der Waals surface area contributed by atoms with Gasteiger partial charge in [0, 0.05) is 12.1 Å². The van der Waals surface area contributed by atoms with Gasteiger partial charge in [-0.25, -0.2) is 12.8 Å². The number of amides is 1. The zero-order valence-electron chi connectivity index (χ0n) is 17.5. The Balaban J connectivity index is 1.57. The van der Waals surface area contributed by atoms with Crippen LogP contribution < -0.4 is 10.0 Å². The van der Waals surface area contributed by atoms with E-state index in [9.17, 15) is 17.6 Å². The molecule has 0 aromatic heterocycles. The Kier molecular flexibility index (Phi) is 7.07. The fraction of sp³-hybridized carbons (Fsp3) is 0.208. The van der Waals surface area contributed by atoms with Gasteiger partial charge in [0.2, 0.25) is 0 Å². The lowest BCUT2D eigenvalue weighted by molar-refractivity contribution is 0.0953. The van der Waals surface area contributed by atoms with Gasteiger partial charge in [-0.1, -0.05) is 29.8 Å². The van der Waals surface area contributed by atoms with Crippen LogP contribution in [0.25, 0.3) is 0 Å². The van der Waals surface area contributed by atoms with Gasteiger partial charge < -0.3 is 5.32 Å². The lowest BCUT2D eigenvalue weighted by atomic mass is 10.1. The molecule has 0 atom stereocenters. The first-order chi connectivity index (χ1) is 14.7. The third-order valence-electron chi connectivity index (χ3n) is 4.91. The summed E-state index contributed by atoms with van der Waals surface area (Å²) in [4.78, 5) is 12.6. The number of sulfonamides is 1. The Bertz CT molecular complexity index is 1160. The largest absolute Gasteiger partial charge is 0.352 e. The maximum absolute atomic E-state index is 12.9. The van der Waals surface area contributed by atoms with Gasteiger partial charge in [0.15, 0.2) is 0 Å². The van der Waals surface area contributed by atoms with Gasteiger partial charge in [0.05, 0.1) is 10.6 Å². The van der Waals surface area contributed by atoms with Crippen molar-refractivity contribution >= 4 is 21.6 Å². The van der Waals surface area contributed by atoms with Crippen LogP contribution in [0.4, 0.5) is 10.1 Å². The van der Waals surface area contributed by atoms with Crippen molar-refractivity contribution in [2.45, 2.75) is 31.6 Å². The molecule has 0 bridgehead atoms. The number of carbonyl (C=O) groups is 1. The van der Waals surface area contributed by atoms with Crippen LogP contribution in [0.3, 0.4) is 0 Å². The van der Waals surface area contributed by atoms with Crippen LogP contribution in [0.5, 0.6) is 0 Å². The Morgan fingerprint density at radius 1 is 0.935 bits per heavy atom. The first kappa shape index (κ1) is 22.5. The lowest BCUT2D eigenvalue weighted by Crippen LogP contribution is -2.25. The van der Waals surface area contributed by atoms with E-state index in [4.69, 9.17) is 0 Å². The number of halogens is 1. The number of hydrogen-bond donors (Lipinski definition) is 2. The van der Waals surface area contributed by atoms with Crippen molar-refractivity contribution in [3.05, 3.63) is 94.8 Å². The van der Waals surface area contributed by atoms with E-state index >= 15 is 0 Å². The van der Waals surface area contributed by atoms with Crippen LogP contribution >= 0.6 is 0 Å². The second-order valence-electron chi connectivity index (χ2n) is 7.43. The number of anilines is 1. The van der Waals surface area contributed by atoms with E-state index in [2.05, 4.69) is 10.0 Å². The van der Waals surface area contributed by atoms with Crippen LogP contribution in [0.15, 0.2) is 71.6 Å². The van der Waals surface area contributed by atoms with Gasteiger partial charge in [-0.05, 0) is 80.3 Å². The summed E-state index contributed by atoms with van der Waals surface area (Å²) in [5.74, 6) is -0.493. The van der Waals surface area contributed by atoms with E-state index in [1.54, 1.807) is 61.5 Å². The molecule has 0 aliphatic heterocycles. The fourth-order valence-corrected chi connectivity index (χ4v) is 4.22. The summed E-state index contributed by atoms with van der Waals surface area (Å²) in [7, 11) is -3.71. The van der Waals surface area contributed by atoms with Crippen molar-refractivity contribution in [3.8, 4) is 0 Å². The molecule has 0 saturated carbocycles. The minimum absolute atomic E-state index is 0.181. The molecule has 3 rings (SSSR count). The Morgan fingerprint density at radius 3 is 2.26 bits per heavy atom. The molecule has 2 N–H and O–H groups in total. The van der Waals surface area contributed by atoms with Gasteiger partial charge in [-0.3, -0.25) is 9.52 Å². The number of hydrogen-bond acceptors (Lipinski definition) is 3. The highest BCUT2D eigenvalue weighted by molar-refractivity contribution is 7.92. The predicted octanol–water partition coefficient (Wildman–Crippen LogP) is 4.61. The molecule has 3 aromatic carbocycles. The third kappa shape index (κ3) is 6.15. The van der Waals surface area contributed by atoms with E-state index in [0.29, 0.717) is 23.4 Å².